The number of hydrogen-bond donors (Lipinski definition) is 2. The standard InChI is InChI=1S/C16H24N2O2S.ClH/c1-20-15-6-4-13(5-7-15)3-2-8-18-16(19)11-14-12-21-10-9-17-14;/h4-7,14,17H,2-3,8-12H2,1H3,(H,18,19);1H. The normalized spacial score (nSPS) is 17.4. The zero-order valence-electron chi connectivity index (χ0n) is 13.0. The van der Waals surface area contributed by atoms with Crippen molar-refractivity contribution < 1.29 is 9.53 Å². The van der Waals surface area contributed by atoms with E-state index >= 15 is 0 Å². The lowest BCUT2D eigenvalue weighted by Gasteiger charge is -2.22. The van der Waals surface area contributed by atoms with Gasteiger partial charge in [0, 0.05) is 37.1 Å². The number of carbonyl (C=O) groups excluding carboxylic acids is 1. The molecule has 124 valence electrons. The van der Waals surface area contributed by atoms with Crippen LogP contribution >= 0.6 is 24.2 Å². The molecule has 1 atom stereocenters. The van der Waals surface area contributed by atoms with Crippen molar-refractivity contribution in [2.24, 2.45) is 0 Å². The summed E-state index contributed by atoms with van der Waals surface area (Å²) in [6.07, 6.45) is 2.53. The summed E-state index contributed by atoms with van der Waals surface area (Å²) in [4.78, 5) is 11.8. The van der Waals surface area contributed by atoms with Gasteiger partial charge in [-0.05, 0) is 30.5 Å². The Labute approximate surface area is 143 Å². The lowest BCUT2D eigenvalue weighted by molar-refractivity contribution is -0.121. The molecule has 1 heterocycles. The van der Waals surface area contributed by atoms with Gasteiger partial charge in [-0.25, -0.2) is 0 Å². The van der Waals surface area contributed by atoms with Gasteiger partial charge < -0.3 is 15.4 Å². The second-order valence-electron chi connectivity index (χ2n) is 5.23. The van der Waals surface area contributed by atoms with Crippen molar-refractivity contribution in [2.75, 3.05) is 31.7 Å². The third kappa shape index (κ3) is 6.90. The van der Waals surface area contributed by atoms with Gasteiger partial charge in [-0.3, -0.25) is 4.79 Å². The maximum absolute atomic E-state index is 11.8. The smallest absolute Gasteiger partial charge is 0.221 e. The number of thioether (sulfide) groups is 1. The Balaban J connectivity index is 0.00000242. The molecule has 0 aromatic heterocycles. The van der Waals surface area contributed by atoms with E-state index < -0.39 is 0 Å². The number of carbonyl (C=O) groups is 1. The molecular weight excluding hydrogens is 320 g/mol. The van der Waals surface area contributed by atoms with Crippen molar-refractivity contribution in [3.63, 3.8) is 0 Å². The highest BCUT2D eigenvalue weighted by atomic mass is 35.5. The van der Waals surface area contributed by atoms with Gasteiger partial charge in [0.05, 0.1) is 7.11 Å². The van der Waals surface area contributed by atoms with Crippen LogP contribution in [0.3, 0.4) is 0 Å². The average Bonchev–Trinajstić information content (AvgIpc) is 2.53. The van der Waals surface area contributed by atoms with Gasteiger partial charge in [-0.2, -0.15) is 11.8 Å². The van der Waals surface area contributed by atoms with Crippen LogP contribution in [-0.4, -0.2) is 43.7 Å². The molecule has 6 heteroatoms. The van der Waals surface area contributed by atoms with Crippen molar-refractivity contribution in [3.8, 4) is 5.75 Å². The summed E-state index contributed by atoms with van der Waals surface area (Å²) in [7, 11) is 1.67. The number of halogens is 1. The van der Waals surface area contributed by atoms with E-state index in [4.69, 9.17) is 4.74 Å². The fourth-order valence-corrected chi connectivity index (χ4v) is 3.31. The highest BCUT2D eigenvalue weighted by molar-refractivity contribution is 7.99. The van der Waals surface area contributed by atoms with Crippen molar-refractivity contribution in [3.05, 3.63) is 29.8 Å². The number of rotatable bonds is 7. The van der Waals surface area contributed by atoms with E-state index in [0.717, 1.165) is 43.2 Å². The predicted molar refractivity (Wildman–Crippen MR) is 95.3 cm³/mol. The van der Waals surface area contributed by atoms with E-state index in [-0.39, 0.29) is 18.3 Å². The van der Waals surface area contributed by atoms with Gasteiger partial charge in [0.15, 0.2) is 0 Å². The highest BCUT2D eigenvalue weighted by Crippen LogP contribution is 2.12. The Morgan fingerprint density at radius 3 is 2.82 bits per heavy atom. The molecule has 0 saturated carbocycles. The Morgan fingerprint density at radius 2 is 2.18 bits per heavy atom. The molecule has 1 amide bonds. The van der Waals surface area contributed by atoms with E-state index in [9.17, 15) is 4.79 Å². The third-order valence-electron chi connectivity index (χ3n) is 3.55. The molecule has 0 bridgehead atoms. The van der Waals surface area contributed by atoms with Crippen LogP contribution in [0.2, 0.25) is 0 Å². The molecule has 1 saturated heterocycles. The van der Waals surface area contributed by atoms with Gasteiger partial charge >= 0.3 is 0 Å². The number of nitrogens with one attached hydrogen (secondary N) is 2. The molecule has 2 N–H and O–H groups in total. The second-order valence-corrected chi connectivity index (χ2v) is 6.38. The number of aryl methyl sites for hydroxylation is 1. The van der Waals surface area contributed by atoms with Crippen LogP contribution in [0.25, 0.3) is 0 Å². The molecule has 1 fully saturated rings. The monoisotopic (exact) mass is 344 g/mol. The maximum atomic E-state index is 11.8. The third-order valence-corrected chi connectivity index (χ3v) is 4.68. The second kappa shape index (κ2) is 10.8. The van der Waals surface area contributed by atoms with Gasteiger partial charge in [-0.15, -0.1) is 12.4 Å². The van der Waals surface area contributed by atoms with Crippen molar-refractivity contribution in [1.29, 1.82) is 0 Å². The van der Waals surface area contributed by atoms with Gasteiger partial charge in [0.25, 0.3) is 0 Å². The summed E-state index contributed by atoms with van der Waals surface area (Å²) in [6.45, 7) is 1.75. The first-order valence-corrected chi connectivity index (χ1v) is 8.64. The van der Waals surface area contributed by atoms with Crippen LogP contribution < -0.4 is 15.4 Å². The Bertz CT molecular complexity index is 436. The largest absolute Gasteiger partial charge is 0.497 e. The fraction of sp³-hybridized carbons (Fsp3) is 0.562. The van der Waals surface area contributed by atoms with Gasteiger partial charge in [0.2, 0.25) is 5.91 Å². The molecule has 0 radical (unpaired) electrons. The predicted octanol–water partition coefficient (Wildman–Crippen LogP) is 2.26. The highest BCUT2D eigenvalue weighted by Gasteiger charge is 2.16. The number of benzene rings is 1. The van der Waals surface area contributed by atoms with E-state index in [1.54, 1.807) is 7.11 Å². The Kier molecular flexibility index (Phi) is 9.36. The molecule has 0 spiro atoms. The van der Waals surface area contributed by atoms with Crippen LogP contribution in [-0.2, 0) is 11.2 Å². The lowest BCUT2D eigenvalue weighted by atomic mass is 10.1. The van der Waals surface area contributed by atoms with E-state index in [0.29, 0.717) is 12.5 Å². The van der Waals surface area contributed by atoms with Crippen molar-refractivity contribution >= 4 is 30.1 Å². The minimum absolute atomic E-state index is 0. The first kappa shape index (κ1) is 19.1. The number of amides is 1. The van der Waals surface area contributed by atoms with Crippen LogP contribution in [0, 0.1) is 0 Å². The molecular formula is C16H25ClN2O2S. The van der Waals surface area contributed by atoms with Crippen LogP contribution in [0.4, 0.5) is 0 Å². The summed E-state index contributed by atoms with van der Waals surface area (Å²) < 4.78 is 5.13. The van der Waals surface area contributed by atoms with Crippen LogP contribution in [0.5, 0.6) is 5.75 Å². The quantitative estimate of drug-likeness (QED) is 0.745. The molecule has 4 nitrogen and oxygen atoms in total. The minimum atomic E-state index is 0. The average molecular weight is 345 g/mol. The molecule has 0 aliphatic carbocycles. The fourth-order valence-electron chi connectivity index (χ4n) is 2.36. The van der Waals surface area contributed by atoms with E-state index in [1.807, 2.05) is 23.9 Å². The zero-order valence-corrected chi connectivity index (χ0v) is 14.6. The Morgan fingerprint density at radius 1 is 1.41 bits per heavy atom. The number of ether oxygens (including phenoxy) is 1. The molecule has 1 aromatic rings. The molecule has 1 unspecified atom stereocenters. The topological polar surface area (TPSA) is 50.4 Å². The molecule has 22 heavy (non-hydrogen) atoms. The zero-order chi connectivity index (χ0) is 14.9. The molecule has 1 aliphatic heterocycles. The summed E-state index contributed by atoms with van der Waals surface area (Å²) in [5.74, 6) is 3.23. The minimum Gasteiger partial charge on any atom is -0.497 e. The Hall–Kier alpha value is -0.910. The summed E-state index contributed by atoms with van der Waals surface area (Å²) >= 11 is 1.92. The van der Waals surface area contributed by atoms with Crippen LogP contribution in [0.15, 0.2) is 24.3 Å². The lowest BCUT2D eigenvalue weighted by Crippen LogP contribution is -2.41. The van der Waals surface area contributed by atoms with Gasteiger partial charge in [0.1, 0.15) is 5.75 Å². The number of methoxy groups -OCH3 is 1. The molecule has 2 rings (SSSR count). The summed E-state index contributed by atoms with van der Waals surface area (Å²) in [5, 5.41) is 6.39. The van der Waals surface area contributed by atoms with E-state index in [1.165, 1.54) is 5.56 Å². The number of hydrogen-bond acceptors (Lipinski definition) is 4. The molecule has 1 aromatic carbocycles. The van der Waals surface area contributed by atoms with Crippen molar-refractivity contribution in [2.45, 2.75) is 25.3 Å². The summed E-state index contributed by atoms with van der Waals surface area (Å²) in [6, 6.07) is 8.43. The maximum Gasteiger partial charge on any atom is 0.221 e. The van der Waals surface area contributed by atoms with Gasteiger partial charge in [-0.1, -0.05) is 12.1 Å². The van der Waals surface area contributed by atoms with E-state index in [2.05, 4.69) is 22.8 Å². The first-order chi connectivity index (χ1) is 10.3. The van der Waals surface area contributed by atoms with Crippen LogP contribution in [0.1, 0.15) is 18.4 Å². The SMILES string of the molecule is COc1ccc(CCCNC(=O)CC2CSCCN2)cc1.Cl. The molecule has 1 aliphatic rings. The summed E-state index contributed by atoms with van der Waals surface area (Å²) in [5.41, 5.74) is 1.27. The first-order valence-electron chi connectivity index (χ1n) is 7.48. The van der Waals surface area contributed by atoms with Crippen molar-refractivity contribution in [1.82, 2.24) is 10.6 Å².